The van der Waals surface area contributed by atoms with Crippen molar-refractivity contribution in [2.75, 3.05) is 18.4 Å². The lowest BCUT2D eigenvalue weighted by Crippen LogP contribution is -2.34. The molecule has 1 aliphatic rings. The normalized spacial score (nSPS) is 16.4. The van der Waals surface area contributed by atoms with E-state index in [9.17, 15) is 14.0 Å². The van der Waals surface area contributed by atoms with Crippen molar-refractivity contribution in [3.8, 4) is 0 Å². The zero-order valence-corrected chi connectivity index (χ0v) is 14.7. The van der Waals surface area contributed by atoms with Crippen LogP contribution in [0.1, 0.15) is 34.3 Å². The largest absolute Gasteiger partial charge is 0.338 e. The Kier molecular flexibility index (Phi) is 5.16. The molecule has 4 nitrogen and oxygen atoms in total. The third kappa shape index (κ3) is 3.82. The molecule has 2 aromatic rings. The highest BCUT2D eigenvalue weighted by Crippen LogP contribution is 2.27. The number of halogens is 1. The van der Waals surface area contributed by atoms with Gasteiger partial charge in [-0.25, -0.2) is 4.39 Å². The van der Waals surface area contributed by atoms with Crippen LogP contribution in [0.2, 0.25) is 0 Å². The molecule has 0 spiro atoms. The number of nitrogens with zero attached hydrogens (tertiary/aromatic N) is 1. The summed E-state index contributed by atoms with van der Waals surface area (Å²) in [7, 11) is 0. The molecule has 2 aromatic carbocycles. The Morgan fingerprint density at radius 2 is 1.96 bits per heavy atom. The number of rotatable bonds is 3. The monoisotopic (exact) mass is 352 g/mol. The summed E-state index contributed by atoms with van der Waals surface area (Å²) in [5.74, 6) is -0.534. The van der Waals surface area contributed by atoms with Gasteiger partial charge in [-0.2, -0.15) is 0 Å². The summed E-state index contributed by atoms with van der Waals surface area (Å²) < 4.78 is 13.6. The van der Waals surface area contributed by atoms with Crippen LogP contribution in [0.5, 0.6) is 0 Å². The fourth-order valence-corrected chi connectivity index (χ4v) is 3.28. The Morgan fingerprint density at radius 3 is 2.65 bits per heavy atom. The number of benzene rings is 2. The number of hydrogen-bond acceptors (Lipinski definition) is 2. The molecule has 0 aliphatic carbocycles. The quantitative estimate of drug-likeness (QED) is 0.855. The third-order valence-electron chi connectivity index (χ3n) is 4.66. The van der Waals surface area contributed by atoms with Crippen molar-refractivity contribution in [3.63, 3.8) is 0 Å². The SMILES string of the molecule is C=CC(=O)Nc1ccc(C(=O)N2CCc3ccc(F)cc3C(C)C2)cc1. The van der Waals surface area contributed by atoms with Crippen molar-refractivity contribution in [2.24, 2.45) is 0 Å². The second kappa shape index (κ2) is 7.52. The van der Waals surface area contributed by atoms with E-state index < -0.39 is 0 Å². The van der Waals surface area contributed by atoms with E-state index in [1.54, 1.807) is 35.2 Å². The number of amides is 2. The van der Waals surface area contributed by atoms with Crippen molar-refractivity contribution in [1.29, 1.82) is 0 Å². The molecule has 1 N–H and O–H groups in total. The molecule has 1 atom stereocenters. The topological polar surface area (TPSA) is 49.4 Å². The van der Waals surface area contributed by atoms with Gasteiger partial charge in [-0.1, -0.05) is 19.6 Å². The highest BCUT2D eigenvalue weighted by molar-refractivity contribution is 5.99. The molecule has 0 aromatic heterocycles. The molecule has 5 heteroatoms. The summed E-state index contributed by atoms with van der Waals surface area (Å²) in [6.07, 6.45) is 1.90. The molecule has 2 amide bonds. The van der Waals surface area contributed by atoms with Gasteiger partial charge >= 0.3 is 0 Å². The molecule has 0 saturated carbocycles. The van der Waals surface area contributed by atoms with Crippen LogP contribution < -0.4 is 5.32 Å². The molecule has 134 valence electrons. The predicted molar refractivity (Wildman–Crippen MR) is 99.7 cm³/mol. The molecule has 0 saturated heterocycles. The van der Waals surface area contributed by atoms with E-state index in [4.69, 9.17) is 0 Å². The minimum Gasteiger partial charge on any atom is -0.338 e. The van der Waals surface area contributed by atoms with Gasteiger partial charge in [0.25, 0.3) is 5.91 Å². The van der Waals surface area contributed by atoms with Gasteiger partial charge in [0.1, 0.15) is 5.82 Å². The summed E-state index contributed by atoms with van der Waals surface area (Å²) >= 11 is 0. The van der Waals surface area contributed by atoms with Gasteiger partial charge in [0.05, 0.1) is 0 Å². The van der Waals surface area contributed by atoms with Crippen LogP contribution in [0.4, 0.5) is 10.1 Å². The molecule has 3 rings (SSSR count). The second-order valence-corrected chi connectivity index (χ2v) is 6.52. The lowest BCUT2D eigenvalue weighted by Gasteiger charge is -2.23. The van der Waals surface area contributed by atoms with Crippen molar-refractivity contribution in [2.45, 2.75) is 19.3 Å². The molecule has 0 bridgehead atoms. The first-order chi connectivity index (χ1) is 12.5. The Morgan fingerprint density at radius 1 is 1.23 bits per heavy atom. The molecule has 26 heavy (non-hydrogen) atoms. The van der Waals surface area contributed by atoms with Gasteiger partial charge in [0.2, 0.25) is 5.91 Å². The van der Waals surface area contributed by atoms with E-state index in [0.717, 1.165) is 11.1 Å². The van der Waals surface area contributed by atoms with Crippen molar-refractivity contribution in [1.82, 2.24) is 4.90 Å². The predicted octanol–water partition coefficient (Wildman–Crippen LogP) is 3.75. The van der Waals surface area contributed by atoms with E-state index in [0.29, 0.717) is 30.8 Å². The first-order valence-electron chi connectivity index (χ1n) is 8.59. The first kappa shape index (κ1) is 17.9. The minimum absolute atomic E-state index is 0.0632. The first-order valence-corrected chi connectivity index (χ1v) is 8.59. The maximum atomic E-state index is 13.6. The molecule has 1 unspecified atom stereocenters. The summed E-state index contributed by atoms with van der Waals surface area (Å²) in [6.45, 7) is 6.56. The van der Waals surface area contributed by atoms with Crippen molar-refractivity contribution >= 4 is 17.5 Å². The molecule has 1 aliphatic heterocycles. The van der Waals surface area contributed by atoms with Gasteiger partial charge in [-0.3, -0.25) is 9.59 Å². The molecule has 0 radical (unpaired) electrons. The maximum Gasteiger partial charge on any atom is 0.253 e. The average molecular weight is 352 g/mol. The summed E-state index contributed by atoms with van der Waals surface area (Å²) in [4.78, 5) is 26.0. The van der Waals surface area contributed by atoms with E-state index in [2.05, 4.69) is 11.9 Å². The van der Waals surface area contributed by atoms with Crippen LogP contribution in [-0.4, -0.2) is 29.8 Å². The summed E-state index contributed by atoms with van der Waals surface area (Å²) in [5, 5.41) is 2.65. The van der Waals surface area contributed by atoms with Gasteiger partial charge in [0.15, 0.2) is 0 Å². The van der Waals surface area contributed by atoms with E-state index in [-0.39, 0.29) is 23.5 Å². The standard InChI is InChI=1S/C21H21FN2O2/c1-3-20(25)23-18-8-5-16(6-9-18)21(26)24-11-10-15-4-7-17(22)12-19(15)14(2)13-24/h3-9,12,14H,1,10-11,13H2,2H3,(H,23,25). The number of hydrogen-bond donors (Lipinski definition) is 1. The van der Waals surface area contributed by atoms with Crippen LogP contribution >= 0.6 is 0 Å². The van der Waals surface area contributed by atoms with Crippen LogP contribution in [-0.2, 0) is 11.2 Å². The van der Waals surface area contributed by atoms with Crippen LogP contribution in [0, 0.1) is 5.82 Å². The van der Waals surface area contributed by atoms with Crippen molar-refractivity contribution < 1.29 is 14.0 Å². The van der Waals surface area contributed by atoms with Gasteiger partial charge in [-0.05, 0) is 65.9 Å². The molecule has 0 fully saturated rings. The number of carbonyl (C=O) groups is 2. The Bertz CT molecular complexity index is 846. The summed E-state index contributed by atoms with van der Waals surface area (Å²) in [6, 6.07) is 11.6. The Labute approximate surface area is 152 Å². The molecule has 1 heterocycles. The molecular weight excluding hydrogens is 331 g/mol. The van der Waals surface area contributed by atoms with Gasteiger partial charge in [0, 0.05) is 24.3 Å². The second-order valence-electron chi connectivity index (χ2n) is 6.52. The zero-order chi connectivity index (χ0) is 18.7. The minimum atomic E-state index is -0.296. The van der Waals surface area contributed by atoms with Crippen LogP contribution in [0.25, 0.3) is 0 Å². The Balaban J connectivity index is 1.74. The number of anilines is 1. The fourth-order valence-electron chi connectivity index (χ4n) is 3.28. The van der Waals surface area contributed by atoms with E-state index >= 15 is 0 Å². The van der Waals surface area contributed by atoms with Gasteiger partial charge < -0.3 is 10.2 Å². The number of carbonyl (C=O) groups excluding carboxylic acids is 2. The summed E-state index contributed by atoms with van der Waals surface area (Å²) in [5.41, 5.74) is 3.24. The number of fused-ring (bicyclic) bond motifs is 1. The molecular formula is C21H21FN2O2. The highest BCUT2D eigenvalue weighted by Gasteiger charge is 2.24. The zero-order valence-electron chi connectivity index (χ0n) is 14.7. The fraction of sp³-hybridized carbons (Fsp3) is 0.238. The lowest BCUT2D eigenvalue weighted by atomic mass is 9.95. The van der Waals surface area contributed by atoms with Crippen LogP contribution in [0.15, 0.2) is 55.1 Å². The maximum absolute atomic E-state index is 13.6. The lowest BCUT2D eigenvalue weighted by molar-refractivity contribution is -0.111. The van der Waals surface area contributed by atoms with Crippen LogP contribution in [0.3, 0.4) is 0 Å². The number of nitrogens with one attached hydrogen (secondary N) is 1. The highest BCUT2D eigenvalue weighted by atomic mass is 19.1. The van der Waals surface area contributed by atoms with Crippen molar-refractivity contribution in [3.05, 3.63) is 77.6 Å². The van der Waals surface area contributed by atoms with Gasteiger partial charge in [-0.15, -0.1) is 0 Å². The smallest absolute Gasteiger partial charge is 0.253 e. The van der Waals surface area contributed by atoms with E-state index in [1.807, 2.05) is 13.0 Å². The third-order valence-corrected chi connectivity index (χ3v) is 4.66. The average Bonchev–Trinajstić information content (AvgIpc) is 2.81. The Hall–Kier alpha value is -2.95. The van der Waals surface area contributed by atoms with E-state index in [1.165, 1.54) is 12.1 Å².